The van der Waals surface area contributed by atoms with Gasteiger partial charge in [0.1, 0.15) is 12.1 Å². The lowest BCUT2D eigenvalue weighted by molar-refractivity contribution is -0.120. The fourth-order valence-corrected chi connectivity index (χ4v) is 2.75. The molecule has 0 spiro atoms. The van der Waals surface area contributed by atoms with E-state index in [0.717, 1.165) is 15.6 Å². The van der Waals surface area contributed by atoms with Crippen LogP contribution in [0, 0.1) is 0 Å². The molecular weight excluding hydrogens is 450 g/mol. The Hall–Kier alpha value is -2.87. The molecule has 30 heavy (non-hydrogen) atoms. The van der Waals surface area contributed by atoms with Crippen LogP contribution in [0.5, 0.6) is 0 Å². The molecule has 0 bridgehead atoms. The number of hydrogen-bond donors (Lipinski definition) is 3. The average Bonchev–Trinajstić information content (AvgIpc) is 2.66. The van der Waals surface area contributed by atoms with Gasteiger partial charge < -0.3 is 20.7 Å². The minimum atomic E-state index is -0.653. The van der Waals surface area contributed by atoms with Crippen molar-refractivity contribution in [2.45, 2.75) is 39.3 Å². The summed E-state index contributed by atoms with van der Waals surface area (Å²) < 4.78 is 6.05. The highest BCUT2D eigenvalue weighted by Gasteiger charge is 2.16. The molecule has 3 amide bonds. The van der Waals surface area contributed by atoms with Gasteiger partial charge in [-0.3, -0.25) is 9.59 Å². The number of ether oxygens (including phenoxy) is 1. The smallest absolute Gasteiger partial charge is 0.408 e. The number of nitrogens with one attached hydrogen (secondary N) is 3. The first kappa shape index (κ1) is 23.4. The average molecular weight is 476 g/mol. The third-order valence-electron chi connectivity index (χ3n) is 3.77. The van der Waals surface area contributed by atoms with Gasteiger partial charge in [-0.15, -0.1) is 0 Å². The van der Waals surface area contributed by atoms with Gasteiger partial charge in [0.15, 0.2) is 0 Å². The minimum absolute atomic E-state index is 0.0895. The molecule has 2 aromatic rings. The van der Waals surface area contributed by atoms with Crippen molar-refractivity contribution in [3.05, 3.63) is 64.1 Å². The molecule has 0 fully saturated rings. The number of anilines is 1. The van der Waals surface area contributed by atoms with Crippen LogP contribution in [-0.4, -0.2) is 30.1 Å². The van der Waals surface area contributed by atoms with E-state index < -0.39 is 11.7 Å². The quantitative estimate of drug-likeness (QED) is 0.567. The van der Waals surface area contributed by atoms with Gasteiger partial charge in [0.2, 0.25) is 11.8 Å². The molecule has 8 heteroatoms. The van der Waals surface area contributed by atoms with E-state index in [9.17, 15) is 14.4 Å². The minimum Gasteiger partial charge on any atom is -0.444 e. The van der Waals surface area contributed by atoms with Crippen LogP contribution in [0.2, 0.25) is 0 Å². The first-order valence-corrected chi connectivity index (χ1v) is 10.3. The monoisotopic (exact) mass is 475 g/mol. The summed E-state index contributed by atoms with van der Waals surface area (Å²) in [5.74, 6) is -0.467. The maximum Gasteiger partial charge on any atom is 0.408 e. The van der Waals surface area contributed by atoms with Crippen molar-refractivity contribution in [2.24, 2.45) is 0 Å². The second-order valence-electron chi connectivity index (χ2n) is 7.68. The van der Waals surface area contributed by atoms with Crippen molar-refractivity contribution in [2.75, 3.05) is 11.9 Å². The van der Waals surface area contributed by atoms with E-state index in [1.165, 1.54) is 0 Å². The number of amides is 3. The van der Waals surface area contributed by atoms with Crippen molar-refractivity contribution in [1.29, 1.82) is 0 Å². The zero-order valence-electron chi connectivity index (χ0n) is 17.3. The van der Waals surface area contributed by atoms with Crippen LogP contribution >= 0.6 is 15.9 Å². The number of rotatable bonds is 7. The van der Waals surface area contributed by atoms with E-state index in [0.29, 0.717) is 18.7 Å². The molecular formula is C22H26BrN3O4. The summed E-state index contributed by atoms with van der Waals surface area (Å²) in [6.45, 7) is 5.37. The van der Waals surface area contributed by atoms with Gasteiger partial charge in [-0.05, 0) is 56.2 Å². The lowest BCUT2D eigenvalue weighted by Gasteiger charge is -2.19. The standard InChI is InChI=1S/C22H26BrN3O4/c1-22(2,3)30-21(29)25-14-20(28)26-18-6-4-5-16(11-18)13-24-19(27)12-15-7-9-17(23)10-8-15/h4-11H,12-14H2,1-3H3,(H,24,27)(H,25,29)(H,26,28). The molecule has 2 rings (SSSR count). The first-order chi connectivity index (χ1) is 14.1. The molecule has 0 atom stereocenters. The van der Waals surface area contributed by atoms with Crippen molar-refractivity contribution in [3.8, 4) is 0 Å². The maximum absolute atomic E-state index is 12.1. The Balaban J connectivity index is 1.79. The zero-order chi connectivity index (χ0) is 22.1. The number of carbonyl (C=O) groups excluding carboxylic acids is 3. The summed E-state index contributed by atoms with van der Waals surface area (Å²) >= 11 is 3.37. The van der Waals surface area contributed by atoms with E-state index in [1.54, 1.807) is 39.0 Å². The molecule has 0 radical (unpaired) electrons. The van der Waals surface area contributed by atoms with Crippen LogP contribution in [0.25, 0.3) is 0 Å². The highest BCUT2D eigenvalue weighted by molar-refractivity contribution is 9.10. The molecule has 2 aromatic carbocycles. The highest BCUT2D eigenvalue weighted by atomic mass is 79.9. The Morgan fingerprint density at radius 1 is 0.933 bits per heavy atom. The topological polar surface area (TPSA) is 96.5 Å². The number of halogens is 1. The third kappa shape index (κ3) is 9.09. The summed E-state index contributed by atoms with van der Waals surface area (Å²) in [5, 5.41) is 7.98. The number of alkyl carbamates (subject to hydrolysis) is 1. The molecule has 3 N–H and O–H groups in total. The van der Waals surface area contributed by atoms with E-state index in [-0.39, 0.29) is 18.4 Å². The maximum atomic E-state index is 12.1. The lowest BCUT2D eigenvalue weighted by Crippen LogP contribution is -2.37. The number of hydrogen-bond acceptors (Lipinski definition) is 4. The van der Waals surface area contributed by atoms with Crippen molar-refractivity contribution < 1.29 is 19.1 Å². The second-order valence-corrected chi connectivity index (χ2v) is 8.60. The molecule has 0 aliphatic carbocycles. The Labute approximate surface area is 184 Å². The van der Waals surface area contributed by atoms with Crippen LogP contribution in [-0.2, 0) is 27.3 Å². The van der Waals surface area contributed by atoms with E-state index in [4.69, 9.17) is 4.74 Å². The van der Waals surface area contributed by atoms with Gasteiger partial charge in [0, 0.05) is 16.7 Å². The summed E-state index contributed by atoms with van der Waals surface area (Å²) in [4.78, 5) is 35.8. The Kier molecular flexibility index (Phi) is 8.41. The summed E-state index contributed by atoms with van der Waals surface area (Å²) in [6.07, 6.45) is -0.361. The van der Waals surface area contributed by atoms with Crippen molar-refractivity contribution in [3.63, 3.8) is 0 Å². The normalized spacial score (nSPS) is 10.8. The van der Waals surface area contributed by atoms with Gasteiger partial charge in [0.25, 0.3) is 0 Å². The van der Waals surface area contributed by atoms with Gasteiger partial charge in [-0.2, -0.15) is 0 Å². The van der Waals surface area contributed by atoms with Gasteiger partial charge in [0.05, 0.1) is 6.42 Å². The number of benzene rings is 2. The first-order valence-electron chi connectivity index (χ1n) is 9.47. The molecule has 160 valence electrons. The molecule has 7 nitrogen and oxygen atoms in total. The molecule has 0 saturated heterocycles. The van der Waals surface area contributed by atoms with Gasteiger partial charge in [-0.25, -0.2) is 4.79 Å². The summed E-state index contributed by atoms with van der Waals surface area (Å²) in [5.41, 5.74) is 1.72. The van der Waals surface area contributed by atoms with E-state index >= 15 is 0 Å². The Bertz CT molecular complexity index is 892. The number of carbonyl (C=O) groups is 3. The van der Waals surface area contributed by atoms with Crippen LogP contribution < -0.4 is 16.0 Å². The van der Waals surface area contributed by atoms with Gasteiger partial charge in [-0.1, -0.05) is 40.2 Å². The Morgan fingerprint density at radius 2 is 1.63 bits per heavy atom. The van der Waals surface area contributed by atoms with Crippen LogP contribution in [0.1, 0.15) is 31.9 Å². The SMILES string of the molecule is CC(C)(C)OC(=O)NCC(=O)Nc1cccc(CNC(=O)Cc2ccc(Br)cc2)c1. The largest absolute Gasteiger partial charge is 0.444 e. The van der Waals surface area contributed by atoms with Crippen LogP contribution in [0.4, 0.5) is 10.5 Å². The van der Waals surface area contributed by atoms with Crippen LogP contribution in [0.3, 0.4) is 0 Å². The molecule has 0 aromatic heterocycles. The van der Waals surface area contributed by atoms with Crippen LogP contribution in [0.15, 0.2) is 53.0 Å². The summed E-state index contributed by atoms with van der Waals surface area (Å²) in [6, 6.07) is 14.7. The molecule has 0 aliphatic heterocycles. The molecule has 0 unspecified atom stereocenters. The van der Waals surface area contributed by atoms with Crippen molar-refractivity contribution in [1.82, 2.24) is 10.6 Å². The van der Waals surface area contributed by atoms with Gasteiger partial charge >= 0.3 is 6.09 Å². The van der Waals surface area contributed by atoms with Crippen molar-refractivity contribution >= 4 is 39.5 Å². The molecule has 0 saturated carbocycles. The fraction of sp³-hybridized carbons (Fsp3) is 0.318. The predicted molar refractivity (Wildman–Crippen MR) is 119 cm³/mol. The Morgan fingerprint density at radius 3 is 2.30 bits per heavy atom. The lowest BCUT2D eigenvalue weighted by atomic mass is 10.1. The third-order valence-corrected chi connectivity index (χ3v) is 4.30. The zero-order valence-corrected chi connectivity index (χ0v) is 18.8. The van der Waals surface area contributed by atoms with E-state index in [1.807, 2.05) is 30.3 Å². The fourth-order valence-electron chi connectivity index (χ4n) is 2.48. The predicted octanol–water partition coefficient (Wildman–Crippen LogP) is 3.77. The molecule has 0 aliphatic rings. The molecule has 0 heterocycles. The van der Waals surface area contributed by atoms with E-state index in [2.05, 4.69) is 31.9 Å². The second kappa shape index (κ2) is 10.8. The highest BCUT2D eigenvalue weighted by Crippen LogP contribution is 2.12. The summed E-state index contributed by atoms with van der Waals surface area (Å²) in [7, 11) is 0.